The molecule has 0 aliphatic heterocycles. The Morgan fingerprint density at radius 1 is 1.25 bits per heavy atom. The lowest BCUT2D eigenvalue weighted by molar-refractivity contribution is 0.0996. The van der Waals surface area contributed by atoms with Gasteiger partial charge in [0.2, 0.25) is 0 Å². The third kappa shape index (κ3) is 3.19. The van der Waals surface area contributed by atoms with Crippen LogP contribution in [0.15, 0.2) is 36.4 Å². The van der Waals surface area contributed by atoms with Crippen molar-refractivity contribution in [3.8, 4) is 5.75 Å². The number of nitrogen functional groups attached to an aromatic ring is 1. The first-order valence-corrected chi connectivity index (χ1v) is 6.11. The molecule has 2 rings (SSSR count). The Morgan fingerprint density at radius 2 is 2.00 bits per heavy atom. The van der Waals surface area contributed by atoms with Gasteiger partial charge < -0.3 is 16.2 Å². The van der Waals surface area contributed by atoms with Crippen LogP contribution in [0, 0.1) is 5.82 Å². The van der Waals surface area contributed by atoms with E-state index in [1.165, 1.54) is 30.3 Å². The minimum Gasteiger partial charge on any atom is -0.488 e. The van der Waals surface area contributed by atoms with E-state index in [0.29, 0.717) is 11.3 Å². The van der Waals surface area contributed by atoms with E-state index in [1.54, 1.807) is 6.07 Å². The molecule has 4 nitrogen and oxygen atoms in total. The molecule has 0 spiro atoms. The molecule has 4 N–H and O–H groups in total. The molecule has 0 bridgehead atoms. The number of halogens is 2. The SMILES string of the molecule is NC(=O)c1ccc(N)cc1OCc1ccc(F)cc1Cl. The van der Waals surface area contributed by atoms with Crippen LogP contribution in [0.25, 0.3) is 0 Å². The fraction of sp³-hybridized carbons (Fsp3) is 0.0714. The maximum Gasteiger partial charge on any atom is 0.252 e. The fourth-order valence-electron chi connectivity index (χ4n) is 1.66. The summed E-state index contributed by atoms with van der Waals surface area (Å²) in [5.74, 6) is -0.788. The second-order valence-corrected chi connectivity index (χ2v) is 4.55. The molecule has 2 aromatic rings. The zero-order valence-electron chi connectivity index (χ0n) is 10.4. The lowest BCUT2D eigenvalue weighted by Gasteiger charge is -2.11. The number of ether oxygens (including phenoxy) is 1. The summed E-state index contributed by atoms with van der Waals surface area (Å²) < 4.78 is 18.4. The zero-order chi connectivity index (χ0) is 14.7. The molecule has 0 aromatic heterocycles. The summed E-state index contributed by atoms with van der Waals surface area (Å²) in [7, 11) is 0. The zero-order valence-corrected chi connectivity index (χ0v) is 11.2. The van der Waals surface area contributed by atoms with Gasteiger partial charge in [0.15, 0.2) is 0 Å². The highest BCUT2D eigenvalue weighted by Crippen LogP contribution is 2.24. The molecule has 104 valence electrons. The first-order valence-electron chi connectivity index (χ1n) is 5.73. The third-order valence-electron chi connectivity index (χ3n) is 2.67. The molecule has 0 aliphatic carbocycles. The summed E-state index contributed by atoms with van der Waals surface area (Å²) in [6, 6.07) is 8.51. The Hall–Kier alpha value is -2.27. The summed E-state index contributed by atoms with van der Waals surface area (Å²) in [4.78, 5) is 11.3. The summed E-state index contributed by atoms with van der Waals surface area (Å²) >= 11 is 5.89. The number of primary amides is 1. The van der Waals surface area contributed by atoms with Gasteiger partial charge in [0.25, 0.3) is 5.91 Å². The van der Waals surface area contributed by atoms with Crippen molar-refractivity contribution in [2.45, 2.75) is 6.61 Å². The van der Waals surface area contributed by atoms with Gasteiger partial charge in [0, 0.05) is 17.3 Å². The van der Waals surface area contributed by atoms with Crippen LogP contribution in [0.4, 0.5) is 10.1 Å². The average molecular weight is 295 g/mol. The molecule has 0 heterocycles. The highest BCUT2D eigenvalue weighted by Gasteiger charge is 2.11. The van der Waals surface area contributed by atoms with Crippen molar-refractivity contribution in [3.63, 3.8) is 0 Å². The van der Waals surface area contributed by atoms with Gasteiger partial charge in [-0.2, -0.15) is 0 Å². The van der Waals surface area contributed by atoms with Crippen LogP contribution >= 0.6 is 11.6 Å². The number of anilines is 1. The van der Waals surface area contributed by atoms with Crippen LogP contribution in [-0.4, -0.2) is 5.91 Å². The Balaban J connectivity index is 2.22. The number of nitrogens with two attached hydrogens (primary N) is 2. The number of amides is 1. The molecule has 0 radical (unpaired) electrons. The summed E-state index contributed by atoms with van der Waals surface area (Å²) in [6.45, 7) is 0.0723. The van der Waals surface area contributed by atoms with Crippen molar-refractivity contribution in [2.75, 3.05) is 5.73 Å². The van der Waals surface area contributed by atoms with Gasteiger partial charge in [-0.25, -0.2) is 4.39 Å². The maximum absolute atomic E-state index is 12.9. The molecule has 0 unspecified atom stereocenters. The van der Waals surface area contributed by atoms with Crippen molar-refractivity contribution in [2.24, 2.45) is 5.73 Å². The molecule has 0 saturated carbocycles. The van der Waals surface area contributed by atoms with E-state index in [-0.39, 0.29) is 22.9 Å². The first-order chi connectivity index (χ1) is 9.47. The van der Waals surface area contributed by atoms with Crippen molar-refractivity contribution < 1.29 is 13.9 Å². The number of hydrogen-bond donors (Lipinski definition) is 2. The predicted octanol–water partition coefficient (Wildman–Crippen LogP) is 2.74. The van der Waals surface area contributed by atoms with E-state index in [0.717, 1.165) is 0 Å². The van der Waals surface area contributed by atoms with Gasteiger partial charge in [-0.3, -0.25) is 4.79 Å². The molecule has 0 atom stereocenters. The van der Waals surface area contributed by atoms with Crippen molar-refractivity contribution in [1.82, 2.24) is 0 Å². The second kappa shape index (κ2) is 5.79. The van der Waals surface area contributed by atoms with Gasteiger partial charge >= 0.3 is 0 Å². The number of rotatable bonds is 4. The molecular formula is C14H12ClFN2O2. The van der Waals surface area contributed by atoms with E-state index in [2.05, 4.69) is 0 Å². The van der Waals surface area contributed by atoms with Gasteiger partial charge in [-0.05, 0) is 24.3 Å². The average Bonchev–Trinajstić information content (AvgIpc) is 2.37. The fourth-order valence-corrected chi connectivity index (χ4v) is 1.88. The predicted molar refractivity (Wildman–Crippen MR) is 75.1 cm³/mol. The first kappa shape index (κ1) is 14.1. The quantitative estimate of drug-likeness (QED) is 0.851. The highest BCUT2D eigenvalue weighted by atomic mass is 35.5. The standard InChI is InChI=1S/C14H12ClFN2O2/c15-12-5-9(16)2-1-8(12)7-20-13-6-10(17)3-4-11(13)14(18)19/h1-6H,7,17H2,(H2,18,19). The number of benzene rings is 2. The van der Waals surface area contributed by atoms with Crippen LogP contribution in [0.5, 0.6) is 5.75 Å². The van der Waals surface area contributed by atoms with Crippen LogP contribution in [0.3, 0.4) is 0 Å². The summed E-state index contributed by atoms with van der Waals surface area (Å²) in [5, 5.41) is 0.245. The van der Waals surface area contributed by atoms with E-state index < -0.39 is 11.7 Å². The molecule has 20 heavy (non-hydrogen) atoms. The number of carbonyl (C=O) groups is 1. The largest absolute Gasteiger partial charge is 0.488 e. The molecule has 2 aromatic carbocycles. The normalized spacial score (nSPS) is 10.3. The maximum atomic E-state index is 12.9. The Bertz CT molecular complexity index is 662. The van der Waals surface area contributed by atoms with Gasteiger partial charge in [-0.15, -0.1) is 0 Å². The Labute approximate surface area is 120 Å². The second-order valence-electron chi connectivity index (χ2n) is 4.14. The van der Waals surface area contributed by atoms with E-state index >= 15 is 0 Å². The molecule has 1 amide bonds. The monoisotopic (exact) mass is 294 g/mol. The van der Waals surface area contributed by atoms with E-state index in [9.17, 15) is 9.18 Å². The Morgan fingerprint density at radius 3 is 2.65 bits per heavy atom. The molecule has 6 heteroatoms. The highest BCUT2D eigenvalue weighted by molar-refractivity contribution is 6.31. The van der Waals surface area contributed by atoms with Crippen molar-refractivity contribution in [1.29, 1.82) is 0 Å². The van der Waals surface area contributed by atoms with Gasteiger partial charge in [0.1, 0.15) is 18.2 Å². The van der Waals surface area contributed by atoms with Crippen molar-refractivity contribution >= 4 is 23.2 Å². The van der Waals surface area contributed by atoms with Gasteiger partial charge in [0.05, 0.1) is 10.6 Å². The van der Waals surface area contributed by atoms with Crippen LogP contribution < -0.4 is 16.2 Å². The summed E-state index contributed by atoms with van der Waals surface area (Å²) in [6.07, 6.45) is 0. The molecule has 0 saturated heterocycles. The number of carbonyl (C=O) groups excluding carboxylic acids is 1. The lowest BCUT2D eigenvalue weighted by Crippen LogP contribution is -2.13. The van der Waals surface area contributed by atoms with Crippen LogP contribution in [-0.2, 0) is 6.61 Å². The molecule has 0 fully saturated rings. The number of hydrogen-bond acceptors (Lipinski definition) is 3. The van der Waals surface area contributed by atoms with E-state index in [4.69, 9.17) is 27.8 Å². The van der Waals surface area contributed by atoms with Crippen molar-refractivity contribution in [3.05, 3.63) is 58.4 Å². The lowest BCUT2D eigenvalue weighted by atomic mass is 10.1. The van der Waals surface area contributed by atoms with E-state index in [1.807, 2.05) is 0 Å². The molecule has 0 aliphatic rings. The third-order valence-corrected chi connectivity index (χ3v) is 3.02. The van der Waals surface area contributed by atoms with Crippen LogP contribution in [0.2, 0.25) is 5.02 Å². The Kier molecular flexibility index (Phi) is 4.10. The minimum atomic E-state index is -0.620. The topological polar surface area (TPSA) is 78.3 Å². The van der Waals surface area contributed by atoms with Gasteiger partial charge in [-0.1, -0.05) is 17.7 Å². The minimum absolute atomic E-state index is 0.0723. The van der Waals surface area contributed by atoms with Crippen LogP contribution in [0.1, 0.15) is 15.9 Å². The summed E-state index contributed by atoms with van der Waals surface area (Å²) in [5.41, 5.74) is 12.1. The smallest absolute Gasteiger partial charge is 0.252 e. The molecular weight excluding hydrogens is 283 g/mol.